The number of aryl methyl sites for hydroxylation is 1. The molecule has 0 aliphatic rings. The lowest BCUT2D eigenvalue weighted by atomic mass is 10.2. The van der Waals surface area contributed by atoms with E-state index in [4.69, 9.17) is 0 Å². The summed E-state index contributed by atoms with van der Waals surface area (Å²) in [5, 5.41) is 0. The van der Waals surface area contributed by atoms with Crippen molar-refractivity contribution in [3.05, 3.63) is 57.5 Å². The number of amides is 2. The number of rotatable bonds is 3. The van der Waals surface area contributed by atoms with Gasteiger partial charge in [0.1, 0.15) is 5.82 Å². The number of nitrogens with one attached hydrogen (secondary N) is 2. The maximum Gasteiger partial charge on any atom is 0.279 e. The number of hydrazine groups is 1. The van der Waals surface area contributed by atoms with Crippen LogP contribution in [-0.4, -0.2) is 11.8 Å². The first-order chi connectivity index (χ1) is 9.61. The number of hydrogen-bond acceptors (Lipinski definition) is 3. The van der Waals surface area contributed by atoms with Crippen molar-refractivity contribution in [2.24, 2.45) is 0 Å². The van der Waals surface area contributed by atoms with Crippen molar-refractivity contribution in [1.82, 2.24) is 10.9 Å². The number of hydrogen-bond donors (Lipinski definition) is 2. The number of carbonyl (C=O) groups is 2. The molecule has 104 valence electrons. The topological polar surface area (TPSA) is 58.2 Å². The van der Waals surface area contributed by atoms with Gasteiger partial charge >= 0.3 is 0 Å². The molecule has 0 atom stereocenters. The Labute approximate surface area is 119 Å². The average molecular weight is 292 g/mol. The van der Waals surface area contributed by atoms with E-state index in [0.717, 1.165) is 11.3 Å². The summed E-state index contributed by atoms with van der Waals surface area (Å²) in [5.74, 6) is -1.74. The van der Waals surface area contributed by atoms with E-state index in [2.05, 4.69) is 10.9 Å². The van der Waals surface area contributed by atoms with E-state index in [1.165, 1.54) is 29.5 Å². The van der Waals surface area contributed by atoms with Crippen LogP contribution >= 0.6 is 11.3 Å². The zero-order valence-electron chi connectivity index (χ0n) is 10.8. The summed E-state index contributed by atoms with van der Waals surface area (Å²) in [4.78, 5) is 25.1. The van der Waals surface area contributed by atoms with Crippen LogP contribution in [0.3, 0.4) is 0 Å². The maximum absolute atomic E-state index is 13.4. The smallest absolute Gasteiger partial charge is 0.267 e. The summed E-state index contributed by atoms with van der Waals surface area (Å²) in [6, 6.07) is 9.11. The molecule has 0 fully saturated rings. The highest BCUT2D eigenvalue weighted by molar-refractivity contribution is 7.14. The van der Waals surface area contributed by atoms with Gasteiger partial charge in [0.15, 0.2) is 0 Å². The van der Waals surface area contributed by atoms with Gasteiger partial charge < -0.3 is 0 Å². The predicted octanol–water partition coefficient (Wildman–Crippen LogP) is 2.52. The van der Waals surface area contributed by atoms with Gasteiger partial charge in [-0.1, -0.05) is 19.1 Å². The van der Waals surface area contributed by atoms with Crippen LogP contribution in [0.4, 0.5) is 4.39 Å². The molecule has 20 heavy (non-hydrogen) atoms. The number of thiophene rings is 1. The minimum Gasteiger partial charge on any atom is -0.267 e. The predicted molar refractivity (Wildman–Crippen MR) is 75.0 cm³/mol. The Bertz CT molecular complexity index is 640. The van der Waals surface area contributed by atoms with Crippen LogP contribution in [0.15, 0.2) is 36.4 Å². The lowest BCUT2D eigenvalue weighted by molar-refractivity contribution is 0.0846. The summed E-state index contributed by atoms with van der Waals surface area (Å²) in [7, 11) is 0. The molecule has 1 aromatic carbocycles. The molecule has 0 saturated carbocycles. The second-order valence-corrected chi connectivity index (χ2v) is 5.18. The highest BCUT2D eigenvalue weighted by atomic mass is 32.1. The van der Waals surface area contributed by atoms with Crippen molar-refractivity contribution in [3.63, 3.8) is 0 Å². The Morgan fingerprint density at radius 1 is 1.10 bits per heavy atom. The van der Waals surface area contributed by atoms with E-state index in [1.54, 1.807) is 12.1 Å². The fourth-order valence-electron chi connectivity index (χ4n) is 1.58. The average Bonchev–Trinajstić information content (AvgIpc) is 2.94. The Kier molecular flexibility index (Phi) is 4.47. The van der Waals surface area contributed by atoms with Crippen LogP contribution in [0.5, 0.6) is 0 Å². The Hall–Kier alpha value is -2.21. The normalized spacial score (nSPS) is 10.1. The van der Waals surface area contributed by atoms with Gasteiger partial charge in [0.2, 0.25) is 0 Å². The molecular weight excluding hydrogens is 279 g/mol. The highest BCUT2D eigenvalue weighted by Gasteiger charge is 2.13. The first kappa shape index (κ1) is 14.2. The zero-order chi connectivity index (χ0) is 14.5. The highest BCUT2D eigenvalue weighted by Crippen LogP contribution is 2.16. The zero-order valence-corrected chi connectivity index (χ0v) is 11.6. The third kappa shape index (κ3) is 3.21. The van der Waals surface area contributed by atoms with Crippen LogP contribution in [0, 0.1) is 5.82 Å². The van der Waals surface area contributed by atoms with E-state index >= 15 is 0 Å². The van der Waals surface area contributed by atoms with Crippen molar-refractivity contribution in [2.75, 3.05) is 0 Å². The molecule has 0 radical (unpaired) electrons. The quantitative estimate of drug-likeness (QED) is 0.854. The minimum atomic E-state index is -0.691. The van der Waals surface area contributed by atoms with Gasteiger partial charge in [-0.25, -0.2) is 4.39 Å². The second kappa shape index (κ2) is 6.29. The Morgan fingerprint density at radius 3 is 2.45 bits per heavy atom. The van der Waals surface area contributed by atoms with E-state index in [1.807, 2.05) is 13.0 Å². The fraction of sp³-hybridized carbons (Fsp3) is 0.143. The molecule has 6 heteroatoms. The molecule has 0 saturated heterocycles. The molecule has 0 spiro atoms. The third-order valence-corrected chi connectivity index (χ3v) is 3.87. The minimum absolute atomic E-state index is 0.117. The van der Waals surface area contributed by atoms with Gasteiger partial charge in [-0.05, 0) is 30.7 Å². The van der Waals surface area contributed by atoms with E-state index in [-0.39, 0.29) is 5.56 Å². The van der Waals surface area contributed by atoms with E-state index < -0.39 is 17.6 Å². The molecule has 1 heterocycles. The summed E-state index contributed by atoms with van der Waals surface area (Å²) in [6.45, 7) is 1.99. The van der Waals surface area contributed by atoms with Crippen molar-refractivity contribution in [2.45, 2.75) is 13.3 Å². The van der Waals surface area contributed by atoms with Gasteiger partial charge in [-0.3, -0.25) is 20.4 Å². The molecule has 4 nitrogen and oxygen atoms in total. The first-order valence-electron chi connectivity index (χ1n) is 6.05. The molecule has 0 aliphatic carbocycles. The fourth-order valence-corrected chi connectivity index (χ4v) is 2.42. The molecule has 1 aromatic heterocycles. The van der Waals surface area contributed by atoms with Crippen LogP contribution in [-0.2, 0) is 6.42 Å². The van der Waals surface area contributed by atoms with Gasteiger partial charge in [-0.2, -0.15) is 0 Å². The second-order valence-electron chi connectivity index (χ2n) is 4.01. The summed E-state index contributed by atoms with van der Waals surface area (Å²) in [5.41, 5.74) is 4.34. The van der Waals surface area contributed by atoms with Crippen LogP contribution in [0.25, 0.3) is 0 Å². The molecule has 2 rings (SSSR count). The molecule has 0 aliphatic heterocycles. The van der Waals surface area contributed by atoms with Crippen molar-refractivity contribution < 1.29 is 14.0 Å². The van der Waals surface area contributed by atoms with Crippen LogP contribution in [0.1, 0.15) is 31.8 Å². The molecule has 2 amide bonds. The molecule has 0 bridgehead atoms. The van der Waals surface area contributed by atoms with Gasteiger partial charge in [0.25, 0.3) is 11.8 Å². The van der Waals surface area contributed by atoms with Gasteiger partial charge in [-0.15, -0.1) is 11.3 Å². The largest absolute Gasteiger partial charge is 0.279 e. The van der Waals surface area contributed by atoms with Crippen molar-refractivity contribution in [3.8, 4) is 0 Å². The van der Waals surface area contributed by atoms with Gasteiger partial charge in [0.05, 0.1) is 10.4 Å². The number of halogens is 1. The van der Waals surface area contributed by atoms with Crippen LogP contribution in [0.2, 0.25) is 0 Å². The maximum atomic E-state index is 13.4. The Balaban J connectivity index is 1.97. The van der Waals surface area contributed by atoms with Crippen molar-refractivity contribution in [1.29, 1.82) is 0 Å². The van der Waals surface area contributed by atoms with E-state index in [0.29, 0.717) is 4.88 Å². The number of benzene rings is 1. The summed E-state index contributed by atoms with van der Waals surface area (Å²) < 4.78 is 13.4. The summed E-state index contributed by atoms with van der Waals surface area (Å²) in [6.07, 6.45) is 0.847. The Morgan fingerprint density at radius 2 is 1.80 bits per heavy atom. The molecule has 2 N–H and O–H groups in total. The number of carbonyl (C=O) groups excluding carboxylic acids is 2. The third-order valence-electron chi connectivity index (χ3n) is 2.64. The summed E-state index contributed by atoms with van der Waals surface area (Å²) >= 11 is 1.35. The molecular formula is C14H13FN2O2S. The van der Waals surface area contributed by atoms with Crippen molar-refractivity contribution >= 4 is 23.2 Å². The first-order valence-corrected chi connectivity index (χ1v) is 6.87. The standard InChI is InChI=1S/C14H13FN2O2S/c1-2-9-7-8-12(20-9)14(19)17-16-13(18)10-5-3-4-6-11(10)15/h3-8H,2H2,1H3,(H,16,18)(H,17,19). The monoisotopic (exact) mass is 292 g/mol. The SMILES string of the molecule is CCc1ccc(C(=O)NNC(=O)c2ccccc2F)s1. The lowest BCUT2D eigenvalue weighted by Gasteiger charge is -2.06. The van der Waals surface area contributed by atoms with Gasteiger partial charge in [0, 0.05) is 4.88 Å². The molecule has 0 unspecified atom stereocenters. The molecule has 2 aromatic rings. The van der Waals surface area contributed by atoms with E-state index in [9.17, 15) is 14.0 Å². The van der Waals surface area contributed by atoms with Crippen LogP contribution < -0.4 is 10.9 Å². The lowest BCUT2D eigenvalue weighted by Crippen LogP contribution is -2.41.